The van der Waals surface area contributed by atoms with Gasteiger partial charge in [-0.1, -0.05) is 48.1 Å². The summed E-state index contributed by atoms with van der Waals surface area (Å²) in [5.74, 6) is 0.696. The molecule has 1 aliphatic rings. The Morgan fingerprint density at radius 3 is 2.74 bits per heavy atom. The second-order valence-electron chi connectivity index (χ2n) is 6.23. The maximum Gasteiger partial charge on any atom is 0.267 e. The SMILES string of the molecule is CC1CCN(C(=O)c2snnc2C(C)(C)C)CC1Br. The lowest BCUT2D eigenvalue weighted by molar-refractivity contribution is 0.0708. The number of likely N-dealkylation sites (tertiary alicyclic amines) is 1. The molecule has 106 valence electrons. The van der Waals surface area contributed by atoms with Crippen LogP contribution in [-0.2, 0) is 5.41 Å². The summed E-state index contributed by atoms with van der Waals surface area (Å²) in [4.78, 5) is 15.6. The highest BCUT2D eigenvalue weighted by atomic mass is 79.9. The van der Waals surface area contributed by atoms with Crippen LogP contribution < -0.4 is 0 Å². The summed E-state index contributed by atoms with van der Waals surface area (Å²) in [6.45, 7) is 9.99. The minimum Gasteiger partial charge on any atom is -0.337 e. The molecular formula is C13H20BrN3OS. The number of carbonyl (C=O) groups excluding carboxylic acids is 1. The van der Waals surface area contributed by atoms with Crippen molar-refractivity contribution in [2.75, 3.05) is 13.1 Å². The zero-order valence-corrected chi connectivity index (χ0v) is 14.2. The molecule has 1 aliphatic heterocycles. The number of rotatable bonds is 1. The van der Waals surface area contributed by atoms with Crippen molar-refractivity contribution in [3.05, 3.63) is 10.6 Å². The van der Waals surface area contributed by atoms with E-state index in [9.17, 15) is 4.79 Å². The normalized spacial score (nSPS) is 24.6. The Morgan fingerprint density at radius 2 is 2.16 bits per heavy atom. The largest absolute Gasteiger partial charge is 0.337 e. The van der Waals surface area contributed by atoms with Crippen LogP contribution in [0.5, 0.6) is 0 Å². The lowest BCUT2D eigenvalue weighted by Crippen LogP contribution is -2.43. The fourth-order valence-electron chi connectivity index (χ4n) is 2.17. The molecule has 19 heavy (non-hydrogen) atoms. The fraction of sp³-hybridized carbons (Fsp3) is 0.769. The molecule has 0 aliphatic carbocycles. The number of carbonyl (C=O) groups is 1. The molecule has 2 unspecified atom stereocenters. The molecule has 0 radical (unpaired) electrons. The molecule has 1 aromatic rings. The van der Waals surface area contributed by atoms with Crippen molar-refractivity contribution < 1.29 is 4.79 Å². The summed E-state index contributed by atoms with van der Waals surface area (Å²) < 4.78 is 3.97. The quantitative estimate of drug-likeness (QED) is 0.734. The molecule has 1 saturated heterocycles. The van der Waals surface area contributed by atoms with E-state index < -0.39 is 0 Å². The molecule has 4 nitrogen and oxygen atoms in total. The molecule has 0 saturated carbocycles. The Morgan fingerprint density at radius 1 is 1.47 bits per heavy atom. The zero-order valence-electron chi connectivity index (χ0n) is 11.8. The smallest absolute Gasteiger partial charge is 0.267 e. The van der Waals surface area contributed by atoms with Crippen LogP contribution in [0.4, 0.5) is 0 Å². The monoisotopic (exact) mass is 345 g/mol. The van der Waals surface area contributed by atoms with Gasteiger partial charge in [-0.05, 0) is 23.9 Å². The van der Waals surface area contributed by atoms with Crippen molar-refractivity contribution in [1.82, 2.24) is 14.5 Å². The van der Waals surface area contributed by atoms with Gasteiger partial charge in [-0.3, -0.25) is 4.79 Å². The third-order valence-electron chi connectivity index (χ3n) is 3.55. The molecule has 1 amide bonds. The van der Waals surface area contributed by atoms with Gasteiger partial charge in [0.2, 0.25) is 0 Å². The van der Waals surface area contributed by atoms with Gasteiger partial charge in [-0.25, -0.2) is 0 Å². The van der Waals surface area contributed by atoms with Crippen LogP contribution in [-0.4, -0.2) is 38.3 Å². The second-order valence-corrected chi connectivity index (χ2v) is 8.16. The molecule has 0 spiro atoms. The first-order valence-electron chi connectivity index (χ1n) is 6.57. The molecule has 2 heterocycles. The third kappa shape index (κ3) is 3.16. The molecule has 2 rings (SSSR count). The maximum atomic E-state index is 12.6. The number of amides is 1. The highest BCUT2D eigenvalue weighted by Gasteiger charge is 2.32. The standard InChI is InChI=1S/C13H20BrN3OS/c1-8-5-6-17(7-9(8)14)12(18)10-11(13(2,3)4)15-16-19-10/h8-9H,5-7H2,1-4H3. The lowest BCUT2D eigenvalue weighted by Gasteiger charge is -2.34. The van der Waals surface area contributed by atoms with Gasteiger partial charge in [0.25, 0.3) is 5.91 Å². The van der Waals surface area contributed by atoms with Gasteiger partial charge in [-0.2, -0.15) is 0 Å². The van der Waals surface area contributed by atoms with Gasteiger partial charge < -0.3 is 4.90 Å². The number of hydrogen-bond acceptors (Lipinski definition) is 4. The average molecular weight is 346 g/mol. The van der Waals surface area contributed by atoms with E-state index in [0.29, 0.717) is 15.6 Å². The van der Waals surface area contributed by atoms with Crippen LogP contribution in [0.1, 0.15) is 49.5 Å². The molecule has 0 bridgehead atoms. The molecule has 1 fully saturated rings. The van der Waals surface area contributed by atoms with Gasteiger partial charge in [0.05, 0.1) is 5.69 Å². The number of alkyl halides is 1. The number of piperidine rings is 1. The van der Waals surface area contributed by atoms with Gasteiger partial charge in [0.1, 0.15) is 4.88 Å². The Labute approximate surface area is 126 Å². The Balaban J connectivity index is 2.19. The zero-order chi connectivity index (χ0) is 14.2. The minimum absolute atomic E-state index is 0.0799. The topological polar surface area (TPSA) is 46.1 Å². The van der Waals surface area contributed by atoms with Crippen molar-refractivity contribution in [3.8, 4) is 0 Å². The van der Waals surface area contributed by atoms with E-state index >= 15 is 0 Å². The third-order valence-corrected chi connectivity index (χ3v) is 5.45. The summed E-state index contributed by atoms with van der Waals surface area (Å²) >= 11 is 4.87. The van der Waals surface area contributed by atoms with E-state index in [1.807, 2.05) is 4.90 Å². The molecule has 6 heteroatoms. The van der Waals surface area contributed by atoms with E-state index in [0.717, 1.165) is 25.2 Å². The summed E-state index contributed by atoms with van der Waals surface area (Å²) in [5.41, 5.74) is 0.668. The summed E-state index contributed by atoms with van der Waals surface area (Å²) in [7, 11) is 0. The van der Waals surface area contributed by atoms with Gasteiger partial charge in [0.15, 0.2) is 0 Å². The summed E-state index contributed by atoms with van der Waals surface area (Å²) in [5, 5.41) is 4.15. The first-order chi connectivity index (χ1) is 8.80. The van der Waals surface area contributed by atoms with Crippen LogP contribution in [0, 0.1) is 5.92 Å². The predicted molar refractivity (Wildman–Crippen MR) is 81.0 cm³/mol. The van der Waals surface area contributed by atoms with E-state index in [4.69, 9.17) is 0 Å². The van der Waals surface area contributed by atoms with Crippen molar-refractivity contribution in [2.45, 2.75) is 44.4 Å². The molecular weight excluding hydrogens is 326 g/mol. The number of hydrogen-bond donors (Lipinski definition) is 0. The van der Waals surface area contributed by atoms with Crippen molar-refractivity contribution >= 4 is 33.4 Å². The highest BCUT2D eigenvalue weighted by molar-refractivity contribution is 9.09. The summed E-state index contributed by atoms with van der Waals surface area (Å²) in [6, 6.07) is 0. The molecule has 0 aromatic carbocycles. The van der Waals surface area contributed by atoms with Gasteiger partial charge in [-0.15, -0.1) is 5.10 Å². The number of nitrogens with zero attached hydrogens (tertiary/aromatic N) is 3. The van der Waals surface area contributed by atoms with Crippen LogP contribution >= 0.6 is 27.5 Å². The average Bonchev–Trinajstić information content (AvgIpc) is 2.80. The van der Waals surface area contributed by atoms with Crippen LogP contribution in [0.25, 0.3) is 0 Å². The molecule has 0 N–H and O–H groups in total. The Kier molecular flexibility index (Phi) is 4.30. The molecule has 1 aromatic heterocycles. The Bertz CT molecular complexity index is 469. The highest BCUT2D eigenvalue weighted by Crippen LogP contribution is 2.29. The minimum atomic E-state index is -0.144. The first-order valence-corrected chi connectivity index (χ1v) is 8.25. The first kappa shape index (κ1) is 14.9. The van der Waals surface area contributed by atoms with Crippen LogP contribution in [0.15, 0.2) is 0 Å². The van der Waals surface area contributed by atoms with E-state index in [1.54, 1.807) is 0 Å². The van der Waals surface area contributed by atoms with Crippen molar-refractivity contribution in [1.29, 1.82) is 0 Å². The van der Waals surface area contributed by atoms with Crippen LogP contribution in [0.2, 0.25) is 0 Å². The molecule has 2 atom stereocenters. The second kappa shape index (κ2) is 5.48. The number of aromatic nitrogens is 2. The summed E-state index contributed by atoms with van der Waals surface area (Å²) in [6.07, 6.45) is 1.04. The van der Waals surface area contributed by atoms with Crippen molar-refractivity contribution in [3.63, 3.8) is 0 Å². The van der Waals surface area contributed by atoms with Gasteiger partial charge >= 0.3 is 0 Å². The van der Waals surface area contributed by atoms with Gasteiger partial charge in [0, 0.05) is 23.3 Å². The number of halogens is 1. The van der Waals surface area contributed by atoms with E-state index in [1.165, 1.54) is 11.5 Å². The van der Waals surface area contributed by atoms with Crippen molar-refractivity contribution in [2.24, 2.45) is 5.92 Å². The van der Waals surface area contributed by atoms with Crippen LogP contribution in [0.3, 0.4) is 0 Å². The fourth-order valence-corrected chi connectivity index (χ4v) is 3.63. The predicted octanol–water partition coefficient (Wildman–Crippen LogP) is 3.08. The van der Waals surface area contributed by atoms with E-state index in [-0.39, 0.29) is 11.3 Å². The van der Waals surface area contributed by atoms with E-state index in [2.05, 4.69) is 53.2 Å². The lowest BCUT2D eigenvalue weighted by atomic mass is 9.91. The maximum absolute atomic E-state index is 12.6. The Hall–Kier alpha value is -0.490.